The van der Waals surface area contributed by atoms with Gasteiger partial charge in [-0.25, -0.2) is 10.8 Å². The number of carbonyl (C=O) groups excluding carboxylic acids is 1. The Morgan fingerprint density at radius 2 is 2.20 bits per heavy atom. The van der Waals surface area contributed by atoms with E-state index in [9.17, 15) is 4.79 Å². The van der Waals surface area contributed by atoms with Crippen LogP contribution in [0.4, 0.5) is 5.82 Å². The third-order valence-corrected chi connectivity index (χ3v) is 4.31. The third kappa shape index (κ3) is 3.40. The van der Waals surface area contributed by atoms with Crippen LogP contribution in [0.2, 0.25) is 9.36 Å². The standard InChI is InChI=1S/C12H12Cl2N4OS/c1-6(9-2-3-10(14)20-9)17-12(19)7-4-8(13)11(18-15)16-5-7/h2-6H,15H2,1H3,(H,16,18)(H,17,19). The number of halogens is 2. The van der Waals surface area contributed by atoms with Crippen molar-refractivity contribution < 1.29 is 4.79 Å². The highest BCUT2D eigenvalue weighted by Crippen LogP contribution is 2.27. The minimum absolute atomic E-state index is 0.147. The van der Waals surface area contributed by atoms with Gasteiger partial charge in [-0.2, -0.15) is 0 Å². The Hall–Kier alpha value is -1.34. The van der Waals surface area contributed by atoms with Crippen LogP contribution in [0.1, 0.15) is 28.2 Å². The lowest BCUT2D eigenvalue weighted by molar-refractivity contribution is 0.0940. The Bertz CT molecular complexity index is 632. The van der Waals surface area contributed by atoms with E-state index in [1.807, 2.05) is 13.0 Å². The lowest BCUT2D eigenvalue weighted by Crippen LogP contribution is -2.26. The molecule has 2 aromatic rings. The molecular formula is C12H12Cl2N4OS. The summed E-state index contributed by atoms with van der Waals surface area (Å²) >= 11 is 13.2. The van der Waals surface area contributed by atoms with Gasteiger partial charge in [-0.3, -0.25) is 4.79 Å². The molecule has 0 fully saturated rings. The largest absolute Gasteiger partial charge is 0.345 e. The monoisotopic (exact) mass is 330 g/mol. The summed E-state index contributed by atoms with van der Waals surface area (Å²) in [6.07, 6.45) is 1.41. The van der Waals surface area contributed by atoms with Gasteiger partial charge >= 0.3 is 0 Å². The first-order valence-corrected chi connectivity index (χ1v) is 7.26. The Labute approximate surface area is 130 Å². The predicted octanol–water partition coefficient (Wildman–Crippen LogP) is 3.23. The van der Waals surface area contributed by atoms with E-state index in [0.717, 1.165) is 4.88 Å². The summed E-state index contributed by atoms with van der Waals surface area (Å²) in [6, 6.07) is 5.04. The molecule has 0 aliphatic rings. The van der Waals surface area contributed by atoms with Crippen LogP contribution in [0, 0.1) is 0 Å². The van der Waals surface area contributed by atoms with Gasteiger partial charge in [0.1, 0.15) is 0 Å². The molecule has 5 nitrogen and oxygen atoms in total. The number of nitrogens with zero attached hydrogens (tertiary/aromatic N) is 1. The van der Waals surface area contributed by atoms with Crippen molar-refractivity contribution in [1.29, 1.82) is 0 Å². The van der Waals surface area contributed by atoms with Crippen molar-refractivity contribution in [3.05, 3.63) is 44.2 Å². The van der Waals surface area contributed by atoms with Gasteiger partial charge in [-0.05, 0) is 25.1 Å². The molecule has 2 rings (SSSR count). The number of hydrogen-bond donors (Lipinski definition) is 3. The number of rotatable bonds is 4. The summed E-state index contributed by atoms with van der Waals surface area (Å²) in [5.41, 5.74) is 2.71. The van der Waals surface area contributed by atoms with Crippen molar-refractivity contribution in [3.8, 4) is 0 Å². The second-order valence-corrected chi connectivity index (χ2v) is 6.19. The topological polar surface area (TPSA) is 80.0 Å². The maximum Gasteiger partial charge on any atom is 0.253 e. The molecule has 0 aliphatic heterocycles. The molecule has 0 bridgehead atoms. The zero-order chi connectivity index (χ0) is 14.7. The summed E-state index contributed by atoms with van der Waals surface area (Å²) in [7, 11) is 0. The first-order valence-electron chi connectivity index (χ1n) is 5.69. The van der Waals surface area contributed by atoms with Gasteiger partial charge in [-0.1, -0.05) is 23.2 Å². The zero-order valence-electron chi connectivity index (χ0n) is 10.5. The number of nitrogens with two attached hydrogens (primary N) is 1. The smallest absolute Gasteiger partial charge is 0.253 e. The zero-order valence-corrected chi connectivity index (χ0v) is 12.8. The van der Waals surface area contributed by atoms with Gasteiger partial charge in [0, 0.05) is 11.1 Å². The first kappa shape index (κ1) is 15.1. The maximum atomic E-state index is 12.1. The van der Waals surface area contributed by atoms with E-state index < -0.39 is 0 Å². The normalized spacial score (nSPS) is 12.0. The van der Waals surface area contributed by atoms with E-state index in [-0.39, 0.29) is 17.0 Å². The minimum atomic E-state index is -0.264. The molecule has 0 saturated heterocycles. The number of hydrazine groups is 1. The number of carbonyl (C=O) groups is 1. The molecule has 8 heteroatoms. The second kappa shape index (κ2) is 6.41. The molecule has 20 heavy (non-hydrogen) atoms. The summed E-state index contributed by atoms with van der Waals surface area (Å²) in [6.45, 7) is 1.88. The Balaban J connectivity index is 2.10. The molecule has 2 aromatic heterocycles. The van der Waals surface area contributed by atoms with Crippen molar-refractivity contribution in [2.75, 3.05) is 5.43 Å². The number of pyridine rings is 1. The number of anilines is 1. The molecule has 1 atom stereocenters. The Morgan fingerprint density at radius 3 is 2.75 bits per heavy atom. The fraction of sp³-hybridized carbons (Fsp3) is 0.167. The number of nitrogens with one attached hydrogen (secondary N) is 2. The highest BCUT2D eigenvalue weighted by atomic mass is 35.5. The molecule has 0 radical (unpaired) electrons. The van der Waals surface area contributed by atoms with Crippen molar-refractivity contribution >= 4 is 46.3 Å². The molecule has 1 unspecified atom stereocenters. The van der Waals surface area contributed by atoms with E-state index in [4.69, 9.17) is 29.0 Å². The fourth-order valence-electron chi connectivity index (χ4n) is 1.58. The van der Waals surface area contributed by atoms with Crippen LogP contribution in [-0.2, 0) is 0 Å². The molecule has 0 spiro atoms. The van der Waals surface area contributed by atoms with Gasteiger partial charge < -0.3 is 10.7 Å². The summed E-state index contributed by atoms with van der Waals surface area (Å²) in [4.78, 5) is 17.0. The van der Waals surface area contributed by atoms with Crippen LogP contribution >= 0.6 is 34.5 Å². The van der Waals surface area contributed by atoms with E-state index in [0.29, 0.717) is 15.7 Å². The van der Waals surface area contributed by atoms with Gasteiger partial charge in [0.25, 0.3) is 5.91 Å². The molecule has 1 amide bonds. The molecule has 2 heterocycles. The van der Waals surface area contributed by atoms with Crippen molar-refractivity contribution in [2.24, 2.45) is 5.84 Å². The quantitative estimate of drug-likeness (QED) is 0.594. The number of hydrogen-bond acceptors (Lipinski definition) is 5. The van der Waals surface area contributed by atoms with Gasteiger partial charge in [-0.15, -0.1) is 11.3 Å². The van der Waals surface area contributed by atoms with Gasteiger partial charge in [0.2, 0.25) is 0 Å². The fourth-order valence-corrected chi connectivity index (χ4v) is 2.86. The number of amides is 1. The summed E-state index contributed by atoms with van der Waals surface area (Å²) in [5.74, 6) is 5.28. The average molecular weight is 331 g/mol. The number of aromatic nitrogens is 1. The van der Waals surface area contributed by atoms with Crippen molar-refractivity contribution in [2.45, 2.75) is 13.0 Å². The molecule has 106 valence electrons. The van der Waals surface area contributed by atoms with Crippen LogP contribution in [0.15, 0.2) is 24.4 Å². The van der Waals surface area contributed by atoms with Crippen LogP contribution in [-0.4, -0.2) is 10.9 Å². The SMILES string of the molecule is CC(NC(=O)c1cnc(NN)c(Cl)c1)c1ccc(Cl)s1. The lowest BCUT2D eigenvalue weighted by atomic mass is 10.2. The highest BCUT2D eigenvalue weighted by molar-refractivity contribution is 7.16. The number of thiophene rings is 1. The molecular weight excluding hydrogens is 319 g/mol. The van der Waals surface area contributed by atoms with E-state index in [2.05, 4.69) is 15.7 Å². The Kier molecular flexibility index (Phi) is 4.82. The van der Waals surface area contributed by atoms with Crippen LogP contribution in [0.5, 0.6) is 0 Å². The van der Waals surface area contributed by atoms with E-state index >= 15 is 0 Å². The summed E-state index contributed by atoms with van der Waals surface area (Å²) in [5, 5.41) is 3.14. The maximum absolute atomic E-state index is 12.1. The summed E-state index contributed by atoms with van der Waals surface area (Å²) < 4.78 is 0.684. The van der Waals surface area contributed by atoms with Crippen molar-refractivity contribution in [3.63, 3.8) is 0 Å². The third-order valence-electron chi connectivity index (χ3n) is 2.61. The predicted molar refractivity (Wildman–Crippen MR) is 82.3 cm³/mol. The highest BCUT2D eigenvalue weighted by Gasteiger charge is 2.14. The molecule has 0 aliphatic carbocycles. The first-order chi connectivity index (χ1) is 9.51. The van der Waals surface area contributed by atoms with Crippen molar-refractivity contribution in [1.82, 2.24) is 10.3 Å². The lowest BCUT2D eigenvalue weighted by Gasteiger charge is -2.12. The van der Waals surface area contributed by atoms with Crippen LogP contribution < -0.4 is 16.6 Å². The Morgan fingerprint density at radius 1 is 1.45 bits per heavy atom. The van der Waals surface area contributed by atoms with Crippen LogP contribution in [0.3, 0.4) is 0 Å². The van der Waals surface area contributed by atoms with E-state index in [1.165, 1.54) is 23.6 Å². The minimum Gasteiger partial charge on any atom is -0.345 e. The number of nitrogen functional groups attached to an aromatic ring is 1. The average Bonchev–Trinajstić information content (AvgIpc) is 2.85. The van der Waals surface area contributed by atoms with E-state index in [1.54, 1.807) is 6.07 Å². The van der Waals surface area contributed by atoms with Crippen LogP contribution in [0.25, 0.3) is 0 Å². The van der Waals surface area contributed by atoms with Gasteiger partial charge in [0.05, 0.1) is 21.0 Å². The second-order valence-electron chi connectivity index (χ2n) is 4.04. The molecule has 0 aromatic carbocycles. The molecule has 0 saturated carbocycles. The molecule has 4 N–H and O–H groups in total. The van der Waals surface area contributed by atoms with Gasteiger partial charge in [0.15, 0.2) is 5.82 Å².